The average molecular weight is 245 g/mol. The molecule has 0 spiro atoms. The molecule has 5 nitrogen and oxygen atoms in total. The van der Waals surface area contributed by atoms with Crippen LogP contribution in [0.15, 0.2) is 24.8 Å². The zero-order chi connectivity index (χ0) is 11.8. The number of nitrogen functional groups attached to an aromatic ring is 1. The second kappa shape index (κ2) is 3.81. The van der Waals surface area contributed by atoms with Crippen molar-refractivity contribution in [2.75, 3.05) is 5.73 Å². The molecule has 0 radical (unpaired) electrons. The normalized spacial score (nSPS) is 11.1. The number of hydrogen-bond acceptors (Lipinski definition) is 5. The van der Waals surface area contributed by atoms with Gasteiger partial charge in [-0.15, -0.1) is 11.3 Å². The summed E-state index contributed by atoms with van der Waals surface area (Å²) >= 11 is 1.69. The summed E-state index contributed by atoms with van der Waals surface area (Å²) in [6.45, 7) is 2.13. The predicted octanol–water partition coefficient (Wildman–Crippen LogP) is 2.00. The molecule has 0 aromatic carbocycles. The number of imidazole rings is 1. The molecule has 0 bridgehead atoms. The summed E-state index contributed by atoms with van der Waals surface area (Å²) in [7, 11) is 0. The van der Waals surface area contributed by atoms with E-state index in [1.807, 2.05) is 4.40 Å². The van der Waals surface area contributed by atoms with Crippen LogP contribution in [0.25, 0.3) is 16.3 Å². The molecular formula is C11H11N5S. The highest BCUT2D eigenvalue weighted by Gasteiger charge is 2.10. The van der Waals surface area contributed by atoms with E-state index in [9.17, 15) is 0 Å². The van der Waals surface area contributed by atoms with Gasteiger partial charge < -0.3 is 5.73 Å². The fourth-order valence-corrected chi connectivity index (χ4v) is 2.58. The molecule has 3 heterocycles. The van der Waals surface area contributed by atoms with Crippen molar-refractivity contribution in [2.24, 2.45) is 0 Å². The monoisotopic (exact) mass is 245 g/mol. The molecule has 17 heavy (non-hydrogen) atoms. The maximum absolute atomic E-state index is 5.64. The van der Waals surface area contributed by atoms with E-state index in [-0.39, 0.29) is 0 Å². The Morgan fingerprint density at radius 2 is 2.24 bits per heavy atom. The molecule has 6 heteroatoms. The van der Waals surface area contributed by atoms with E-state index in [4.69, 9.17) is 5.73 Å². The number of aromatic nitrogens is 4. The van der Waals surface area contributed by atoms with Gasteiger partial charge in [-0.05, 0) is 6.42 Å². The predicted molar refractivity (Wildman–Crippen MR) is 67.9 cm³/mol. The van der Waals surface area contributed by atoms with Gasteiger partial charge in [-0.25, -0.2) is 9.97 Å². The molecule has 0 unspecified atom stereocenters. The molecule has 0 aliphatic heterocycles. The summed E-state index contributed by atoms with van der Waals surface area (Å²) in [6.07, 6.45) is 8.13. The van der Waals surface area contributed by atoms with E-state index in [0.29, 0.717) is 5.82 Å². The van der Waals surface area contributed by atoms with Crippen molar-refractivity contribution < 1.29 is 0 Å². The lowest BCUT2D eigenvalue weighted by atomic mass is 10.3. The first-order valence-corrected chi connectivity index (χ1v) is 6.13. The Balaban J connectivity index is 2.19. The van der Waals surface area contributed by atoms with Crippen LogP contribution in [0.1, 0.15) is 11.8 Å². The molecule has 2 N–H and O–H groups in total. The fraction of sp³-hybridized carbons (Fsp3) is 0.182. The van der Waals surface area contributed by atoms with Crippen molar-refractivity contribution >= 4 is 22.1 Å². The lowest BCUT2D eigenvalue weighted by Crippen LogP contribution is -1.95. The zero-order valence-corrected chi connectivity index (χ0v) is 10.1. The number of thiazole rings is 1. The van der Waals surface area contributed by atoms with Gasteiger partial charge in [0.25, 0.3) is 0 Å². The standard InChI is InChI=1S/C11H11N5S/c1-2-7-6-16-9(4-14-11(16)17-7)8-3-13-5-10(12)15-8/h3-6H,2H2,1H3,(H2,12,15). The van der Waals surface area contributed by atoms with Crippen molar-refractivity contribution in [1.29, 1.82) is 0 Å². The van der Waals surface area contributed by atoms with E-state index in [0.717, 1.165) is 22.8 Å². The minimum atomic E-state index is 0.420. The minimum absolute atomic E-state index is 0.420. The molecule has 0 aliphatic carbocycles. The highest BCUT2D eigenvalue weighted by Crippen LogP contribution is 2.24. The maximum atomic E-state index is 5.64. The molecule has 0 saturated heterocycles. The molecule has 0 aliphatic rings. The highest BCUT2D eigenvalue weighted by atomic mass is 32.1. The number of nitrogens with two attached hydrogens (primary N) is 1. The lowest BCUT2D eigenvalue weighted by molar-refractivity contribution is 1.12. The third kappa shape index (κ3) is 1.66. The third-order valence-electron chi connectivity index (χ3n) is 2.52. The van der Waals surface area contributed by atoms with Crippen molar-refractivity contribution in [3.8, 4) is 11.4 Å². The van der Waals surface area contributed by atoms with E-state index < -0.39 is 0 Å². The first kappa shape index (κ1) is 10.2. The third-order valence-corrected chi connectivity index (χ3v) is 3.66. The number of anilines is 1. The van der Waals surface area contributed by atoms with Gasteiger partial charge in [0, 0.05) is 11.1 Å². The highest BCUT2D eigenvalue weighted by molar-refractivity contribution is 7.17. The molecule has 0 atom stereocenters. The van der Waals surface area contributed by atoms with Crippen LogP contribution in [0.2, 0.25) is 0 Å². The van der Waals surface area contributed by atoms with Gasteiger partial charge in [0.05, 0.1) is 24.3 Å². The van der Waals surface area contributed by atoms with Crippen LogP contribution in [-0.4, -0.2) is 19.4 Å². The van der Waals surface area contributed by atoms with Crippen molar-refractivity contribution in [3.05, 3.63) is 29.7 Å². The number of rotatable bonds is 2. The first-order chi connectivity index (χ1) is 8.28. The molecule has 0 amide bonds. The fourth-order valence-electron chi connectivity index (χ4n) is 1.69. The van der Waals surface area contributed by atoms with E-state index in [2.05, 4.69) is 28.1 Å². The van der Waals surface area contributed by atoms with Gasteiger partial charge in [-0.1, -0.05) is 6.92 Å². The van der Waals surface area contributed by atoms with Crippen LogP contribution in [-0.2, 0) is 6.42 Å². The summed E-state index contributed by atoms with van der Waals surface area (Å²) < 4.78 is 2.03. The Bertz CT molecular complexity index is 669. The second-order valence-electron chi connectivity index (χ2n) is 3.68. The summed E-state index contributed by atoms with van der Waals surface area (Å²) in [6, 6.07) is 0. The van der Waals surface area contributed by atoms with Crippen molar-refractivity contribution in [2.45, 2.75) is 13.3 Å². The van der Waals surface area contributed by atoms with E-state index in [1.165, 1.54) is 11.1 Å². The molecule has 3 aromatic rings. The molecule has 86 valence electrons. The topological polar surface area (TPSA) is 69.1 Å². The Hall–Kier alpha value is -1.95. The first-order valence-electron chi connectivity index (χ1n) is 5.31. The summed E-state index contributed by atoms with van der Waals surface area (Å²) in [4.78, 5) is 14.9. The van der Waals surface area contributed by atoms with Crippen molar-refractivity contribution in [3.63, 3.8) is 0 Å². The molecular weight excluding hydrogens is 234 g/mol. The van der Waals surface area contributed by atoms with Crippen LogP contribution in [0.3, 0.4) is 0 Å². The largest absolute Gasteiger partial charge is 0.382 e. The number of fused-ring (bicyclic) bond motifs is 1. The van der Waals surface area contributed by atoms with Crippen LogP contribution < -0.4 is 5.73 Å². The molecule has 0 saturated carbocycles. The van der Waals surface area contributed by atoms with Gasteiger partial charge in [-0.2, -0.15) is 0 Å². The van der Waals surface area contributed by atoms with Gasteiger partial charge in [0.2, 0.25) is 0 Å². The number of aryl methyl sites for hydroxylation is 1. The van der Waals surface area contributed by atoms with E-state index in [1.54, 1.807) is 23.7 Å². The number of nitrogens with zero attached hydrogens (tertiary/aromatic N) is 4. The molecule has 3 aromatic heterocycles. The summed E-state index contributed by atoms with van der Waals surface area (Å²) in [5, 5.41) is 0. The second-order valence-corrected chi connectivity index (χ2v) is 4.77. The smallest absolute Gasteiger partial charge is 0.194 e. The number of hydrogen-bond donors (Lipinski definition) is 1. The van der Waals surface area contributed by atoms with Crippen molar-refractivity contribution in [1.82, 2.24) is 19.4 Å². The average Bonchev–Trinajstić information content (AvgIpc) is 2.87. The Kier molecular flexibility index (Phi) is 2.29. The molecule has 3 rings (SSSR count). The van der Waals surface area contributed by atoms with Gasteiger partial charge in [0.15, 0.2) is 4.96 Å². The Morgan fingerprint density at radius 1 is 1.35 bits per heavy atom. The summed E-state index contributed by atoms with van der Waals surface area (Å²) in [5.41, 5.74) is 7.31. The maximum Gasteiger partial charge on any atom is 0.194 e. The SMILES string of the molecule is CCc1cn2c(-c3cncc(N)n3)cnc2s1. The van der Waals surface area contributed by atoms with E-state index >= 15 is 0 Å². The molecule has 0 fully saturated rings. The minimum Gasteiger partial charge on any atom is -0.382 e. The van der Waals surface area contributed by atoms with Gasteiger partial charge >= 0.3 is 0 Å². The Labute approximate surface area is 102 Å². The summed E-state index contributed by atoms with van der Waals surface area (Å²) in [5.74, 6) is 0.420. The van der Waals surface area contributed by atoms with Gasteiger partial charge in [-0.3, -0.25) is 9.38 Å². The zero-order valence-electron chi connectivity index (χ0n) is 9.29. The van der Waals surface area contributed by atoms with Crippen LogP contribution in [0.4, 0.5) is 5.82 Å². The van der Waals surface area contributed by atoms with Crippen LogP contribution in [0.5, 0.6) is 0 Å². The van der Waals surface area contributed by atoms with Gasteiger partial charge in [0.1, 0.15) is 11.5 Å². The van der Waals surface area contributed by atoms with Crippen LogP contribution >= 0.6 is 11.3 Å². The lowest BCUT2D eigenvalue weighted by Gasteiger charge is -1.98. The Morgan fingerprint density at radius 3 is 3.00 bits per heavy atom. The quantitative estimate of drug-likeness (QED) is 0.749. The van der Waals surface area contributed by atoms with Crippen LogP contribution in [0, 0.1) is 0 Å².